The molecule has 1 aliphatic carbocycles. The minimum absolute atomic E-state index is 0.813. The Morgan fingerprint density at radius 3 is 2.50 bits per heavy atom. The van der Waals surface area contributed by atoms with E-state index in [9.17, 15) is 0 Å². The summed E-state index contributed by atoms with van der Waals surface area (Å²) in [7, 11) is 0. The van der Waals surface area contributed by atoms with E-state index in [2.05, 4.69) is 25.4 Å². The lowest BCUT2D eigenvalue weighted by Gasteiger charge is -2.17. The Kier molecular flexibility index (Phi) is 5.95. The number of hydrogen-bond acceptors (Lipinski definition) is 2. The molecule has 0 aliphatic heterocycles. The molecule has 2 unspecified atom stereocenters. The summed E-state index contributed by atoms with van der Waals surface area (Å²) in [5, 5.41) is 4.66. The van der Waals surface area contributed by atoms with Gasteiger partial charge >= 0.3 is 0 Å². The first-order chi connectivity index (χ1) is 6.80. The van der Waals surface area contributed by atoms with E-state index < -0.39 is 0 Å². The lowest BCUT2D eigenvalue weighted by molar-refractivity contribution is 0.409. The molecule has 0 saturated heterocycles. The molecule has 0 amide bonds. The highest BCUT2D eigenvalue weighted by atomic mass is 32.2. The molecule has 0 bridgehead atoms. The molecule has 1 fully saturated rings. The average molecular weight is 215 g/mol. The van der Waals surface area contributed by atoms with Gasteiger partial charge in [-0.15, -0.1) is 0 Å². The minimum Gasteiger partial charge on any atom is -0.314 e. The average Bonchev–Trinajstić information content (AvgIpc) is 2.67. The summed E-state index contributed by atoms with van der Waals surface area (Å²) < 4.78 is 0. The first-order valence-corrected chi connectivity index (χ1v) is 7.35. The summed E-state index contributed by atoms with van der Waals surface area (Å²) in [6, 6.07) is 0.813. The van der Waals surface area contributed by atoms with E-state index >= 15 is 0 Å². The molecule has 2 heteroatoms. The summed E-state index contributed by atoms with van der Waals surface area (Å²) in [5.41, 5.74) is 0. The van der Waals surface area contributed by atoms with E-state index in [4.69, 9.17) is 0 Å². The molecule has 0 spiro atoms. The van der Waals surface area contributed by atoms with E-state index in [1.165, 1.54) is 38.6 Å². The maximum atomic E-state index is 3.73. The maximum absolute atomic E-state index is 3.73. The molecule has 1 N–H and O–H groups in total. The van der Waals surface area contributed by atoms with Crippen molar-refractivity contribution in [2.45, 2.75) is 57.2 Å². The molecule has 84 valence electrons. The van der Waals surface area contributed by atoms with E-state index in [1.54, 1.807) is 0 Å². The standard InChI is InChI=1S/C12H25NS/c1-4-10(5-2)9-13-11-6-7-12(8-11)14-3/h10-13H,4-9H2,1-3H3. The minimum atomic E-state index is 0.813. The van der Waals surface area contributed by atoms with Crippen LogP contribution in [0.15, 0.2) is 0 Å². The van der Waals surface area contributed by atoms with Crippen LogP contribution in [0, 0.1) is 5.92 Å². The van der Waals surface area contributed by atoms with Crippen LogP contribution in [0.5, 0.6) is 0 Å². The second kappa shape index (κ2) is 6.73. The van der Waals surface area contributed by atoms with Crippen LogP contribution in [0.2, 0.25) is 0 Å². The summed E-state index contributed by atoms with van der Waals surface area (Å²) in [5.74, 6) is 0.892. The van der Waals surface area contributed by atoms with Crippen molar-refractivity contribution in [1.82, 2.24) is 5.32 Å². The van der Waals surface area contributed by atoms with Gasteiger partial charge in [-0.3, -0.25) is 0 Å². The fourth-order valence-electron chi connectivity index (χ4n) is 2.25. The Labute approximate surface area is 93.4 Å². The van der Waals surface area contributed by atoms with E-state index in [-0.39, 0.29) is 0 Å². The van der Waals surface area contributed by atoms with Crippen LogP contribution in [-0.4, -0.2) is 24.1 Å². The largest absolute Gasteiger partial charge is 0.314 e. The van der Waals surface area contributed by atoms with Crippen LogP contribution < -0.4 is 5.32 Å². The van der Waals surface area contributed by atoms with Gasteiger partial charge in [0, 0.05) is 11.3 Å². The molecule has 2 atom stereocenters. The first-order valence-electron chi connectivity index (χ1n) is 6.06. The SMILES string of the molecule is CCC(CC)CNC1CCC(SC)C1. The van der Waals surface area contributed by atoms with Crippen LogP contribution in [0.3, 0.4) is 0 Å². The summed E-state index contributed by atoms with van der Waals surface area (Å²) in [4.78, 5) is 0. The van der Waals surface area contributed by atoms with Gasteiger partial charge in [-0.05, 0) is 38.0 Å². The third-order valence-corrected chi connectivity index (χ3v) is 4.66. The van der Waals surface area contributed by atoms with Crippen LogP contribution in [0.1, 0.15) is 46.0 Å². The van der Waals surface area contributed by atoms with Crippen LogP contribution in [-0.2, 0) is 0 Å². The Bertz CT molecular complexity index is 145. The number of rotatable bonds is 6. The molecule has 1 nitrogen and oxygen atoms in total. The summed E-state index contributed by atoms with van der Waals surface area (Å²) in [6.07, 6.45) is 9.09. The second-order valence-corrected chi connectivity index (χ2v) is 5.60. The van der Waals surface area contributed by atoms with Gasteiger partial charge in [0.15, 0.2) is 0 Å². The van der Waals surface area contributed by atoms with Gasteiger partial charge in [-0.2, -0.15) is 11.8 Å². The second-order valence-electron chi connectivity index (χ2n) is 4.46. The molecule has 14 heavy (non-hydrogen) atoms. The van der Waals surface area contributed by atoms with Gasteiger partial charge < -0.3 is 5.32 Å². The Morgan fingerprint density at radius 1 is 1.29 bits per heavy atom. The fourth-order valence-corrected chi connectivity index (χ4v) is 3.05. The van der Waals surface area contributed by atoms with Crippen molar-refractivity contribution < 1.29 is 0 Å². The molecule has 0 heterocycles. The molecule has 1 aliphatic rings. The Morgan fingerprint density at radius 2 is 2.00 bits per heavy atom. The monoisotopic (exact) mass is 215 g/mol. The van der Waals surface area contributed by atoms with E-state index in [0.29, 0.717) is 0 Å². The quantitative estimate of drug-likeness (QED) is 0.729. The predicted molar refractivity (Wildman–Crippen MR) is 67.0 cm³/mol. The molecule has 0 aromatic carbocycles. The van der Waals surface area contributed by atoms with Crippen molar-refractivity contribution in [3.63, 3.8) is 0 Å². The van der Waals surface area contributed by atoms with Gasteiger partial charge in [0.2, 0.25) is 0 Å². The van der Waals surface area contributed by atoms with Crippen molar-refractivity contribution in [2.75, 3.05) is 12.8 Å². The summed E-state index contributed by atoms with van der Waals surface area (Å²) >= 11 is 2.04. The lowest BCUT2D eigenvalue weighted by Crippen LogP contribution is -2.31. The van der Waals surface area contributed by atoms with Crippen molar-refractivity contribution in [2.24, 2.45) is 5.92 Å². The summed E-state index contributed by atoms with van der Waals surface area (Å²) in [6.45, 7) is 5.84. The highest BCUT2D eigenvalue weighted by Gasteiger charge is 2.23. The third kappa shape index (κ3) is 3.82. The van der Waals surface area contributed by atoms with Gasteiger partial charge in [-0.25, -0.2) is 0 Å². The lowest BCUT2D eigenvalue weighted by atomic mass is 10.0. The predicted octanol–water partition coefficient (Wildman–Crippen LogP) is 3.30. The fraction of sp³-hybridized carbons (Fsp3) is 1.00. The first kappa shape index (κ1) is 12.4. The van der Waals surface area contributed by atoms with Crippen molar-refractivity contribution >= 4 is 11.8 Å². The van der Waals surface area contributed by atoms with Gasteiger partial charge in [-0.1, -0.05) is 26.7 Å². The zero-order chi connectivity index (χ0) is 10.4. The highest BCUT2D eigenvalue weighted by molar-refractivity contribution is 7.99. The van der Waals surface area contributed by atoms with Crippen molar-refractivity contribution in [3.05, 3.63) is 0 Å². The van der Waals surface area contributed by atoms with E-state index in [0.717, 1.165) is 17.2 Å². The normalized spacial score (nSPS) is 27.4. The number of thioether (sulfide) groups is 1. The van der Waals surface area contributed by atoms with Gasteiger partial charge in [0.1, 0.15) is 0 Å². The van der Waals surface area contributed by atoms with Crippen LogP contribution in [0.4, 0.5) is 0 Å². The van der Waals surface area contributed by atoms with Gasteiger partial charge in [0.05, 0.1) is 0 Å². The van der Waals surface area contributed by atoms with Gasteiger partial charge in [0.25, 0.3) is 0 Å². The molecule has 0 radical (unpaired) electrons. The topological polar surface area (TPSA) is 12.0 Å². The molecule has 0 aromatic heterocycles. The zero-order valence-electron chi connectivity index (χ0n) is 9.88. The van der Waals surface area contributed by atoms with Crippen LogP contribution >= 0.6 is 11.8 Å². The maximum Gasteiger partial charge on any atom is 0.00781 e. The Balaban J connectivity index is 2.13. The molecular weight excluding hydrogens is 190 g/mol. The van der Waals surface area contributed by atoms with Crippen molar-refractivity contribution in [1.29, 1.82) is 0 Å². The molecular formula is C12H25NS. The third-order valence-electron chi connectivity index (χ3n) is 3.57. The number of hydrogen-bond donors (Lipinski definition) is 1. The molecule has 0 aromatic rings. The van der Waals surface area contributed by atoms with Crippen molar-refractivity contribution in [3.8, 4) is 0 Å². The number of nitrogens with one attached hydrogen (secondary N) is 1. The highest BCUT2D eigenvalue weighted by Crippen LogP contribution is 2.28. The zero-order valence-corrected chi connectivity index (χ0v) is 10.7. The smallest absolute Gasteiger partial charge is 0.00781 e. The Hall–Kier alpha value is 0.310. The molecule has 1 rings (SSSR count). The van der Waals surface area contributed by atoms with Crippen LogP contribution in [0.25, 0.3) is 0 Å². The van der Waals surface area contributed by atoms with E-state index in [1.807, 2.05) is 11.8 Å². The molecule has 1 saturated carbocycles.